The highest BCUT2D eigenvalue weighted by Gasteiger charge is 2.19. The third kappa shape index (κ3) is 4.21. The first-order valence-electron chi connectivity index (χ1n) is 10.4. The smallest absolute Gasteiger partial charge is 0.274 e. The van der Waals surface area contributed by atoms with E-state index in [1.54, 1.807) is 17.7 Å². The summed E-state index contributed by atoms with van der Waals surface area (Å²) in [7, 11) is 0. The Hall–Kier alpha value is -4.58. The molecule has 0 aliphatic heterocycles. The van der Waals surface area contributed by atoms with E-state index in [4.69, 9.17) is 11.0 Å². The maximum atomic E-state index is 13.7. The first-order chi connectivity index (χ1) is 16.2. The van der Waals surface area contributed by atoms with Crippen molar-refractivity contribution in [1.29, 1.82) is 5.26 Å². The van der Waals surface area contributed by atoms with Gasteiger partial charge < -0.3 is 11.1 Å². The highest BCUT2D eigenvalue weighted by atomic mass is 19.1. The van der Waals surface area contributed by atoms with Crippen LogP contribution >= 0.6 is 0 Å². The predicted octanol–water partition coefficient (Wildman–Crippen LogP) is 3.77. The fourth-order valence-corrected chi connectivity index (χ4v) is 3.85. The van der Waals surface area contributed by atoms with Crippen LogP contribution in [0, 0.1) is 37.9 Å². The van der Waals surface area contributed by atoms with E-state index in [2.05, 4.69) is 21.5 Å². The molecular formula is C25H21FN6O2. The second kappa shape index (κ2) is 8.75. The number of amides is 2. The number of nitriles is 1. The quantitative estimate of drug-likeness (QED) is 0.473. The Morgan fingerprint density at radius 2 is 1.91 bits per heavy atom. The molecule has 9 heteroatoms. The molecule has 0 atom stereocenters. The molecule has 0 fully saturated rings. The molecule has 3 N–H and O–H groups in total. The number of aromatic nitrogens is 3. The summed E-state index contributed by atoms with van der Waals surface area (Å²) in [6, 6.07) is 12.8. The van der Waals surface area contributed by atoms with Gasteiger partial charge in [0.15, 0.2) is 0 Å². The number of rotatable bonds is 5. The van der Waals surface area contributed by atoms with E-state index < -0.39 is 17.6 Å². The minimum atomic E-state index is -0.744. The van der Waals surface area contributed by atoms with Gasteiger partial charge in [0.1, 0.15) is 11.5 Å². The monoisotopic (exact) mass is 456 g/mol. The SMILES string of the molecule is Cc1cc(Cn2nc(C)c(NC(=O)c3cc(C(N)=O)c4ccc(F)cc4n3)c2C)ccc1C#N. The molecule has 2 heterocycles. The van der Waals surface area contributed by atoms with Gasteiger partial charge in [0, 0.05) is 11.5 Å². The van der Waals surface area contributed by atoms with Crippen molar-refractivity contribution < 1.29 is 14.0 Å². The van der Waals surface area contributed by atoms with Crippen molar-refractivity contribution in [3.05, 3.63) is 87.6 Å². The standard InChI is InChI=1S/C25H21FN6O2/c1-13-8-16(4-5-17(13)11-27)12-32-15(3)23(14(2)31-32)30-25(34)22-10-20(24(28)33)19-7-6-18(26)9-21(19)29-22/h4-10H,12H2,1-3H3,(H2,28,33)(H,30,34). The van der Waals surface area contributed by atoms with Crippen LogP contribution in [-0.4, -0.2) is 26.6 Å². The molecule has 0 radical (unpaired) electrons. The molecule has 0 bridgehead atoms. The Balaban J connectivity index is 1.65. The number of benzene rings is 2. The number of nitrogens with one attached hydrogen (secondary N) is 1. The molecule has 0 spiro atoms. The zero-order valence-electron chi connectivity index (χ0n) is 18.8. The van der Waals surface area contributed by atoms with Crippen molar-refractivity contribution >= 4 is 28.4 Å². The average molecular weight is 456 g/mol. The molecule has 2 aromatic heterocycles. The Morgan fingerprint density at radius 3 is 2.59 bits per heavy atom. The van der Waals surface area contributed by atoms with Crippen LogP contribution in [-0.2, 0) is 6.54 Å². The number of nitrogens with zero attached hydrogens (tertiary/aromatic N) is 4. The van der Waals surface area contributed by atoms with E-state index in [-0.39, 0.29) is 16.8 Å². The van der Waals surface area contributed by atoms with E-state index in [0.717, 1.165) is 22.9 Å². The molecule has 4 rings (SSSR count). The molecule has 170 valence electrons. The number of nitrogens with two attached hydrogens (primary N) is 1. The van der Waals surface area contributed by atoms with Crippen molar-refractivity contribution in [3.8, 4) is 6.07 Å². The van der Waals surface area contributed by atoms with E-state index in [1.807, 2.05) is 26.0 Å². The molecule has 4 aromatic rings. The van der Waals surface area contributed by atoms with Gasteiger partial charge in [-0.3, -0.25) is 14.3 Å². The van der Waals surface area contributed by atoms with Crippen molar-refractivity contribution in [2.24, 2.45) is 5.73 Å². The number of hydrogen-bond donors (Lipinski definition) is 2. The van der Waals surface area contributed by atoms with Crippen LogP contribution in [0.15, 0.2) is 42.5 Å². The summed E-state index contributed by atoms with van der Waals surface area (Å²) in [5.41, 5.74) is 9.91. The van der Waals surface area contributed by atoms with Crippen LogP contribution in [0.4, 0.5) is 10.1 Å². The lowest BCUT2D eigenvalue weighted by molar-refractivity contribution is 0.100. The largest absolute Gasteiger partial charge is 0.366 e. The minimum absolute atomic E-state index is 0.0684. The summed E-state index contributed by atoms with van der Waals surface area (Å²) in [6.45, 7) is 5.91. The molecular weight excluding hydrogens is 435 g/mol. The molecule has 0 unspecified atom stereocenters. The van der Waals surface area contributed by atoms with Gasteiger partial charge in [0.25, 0.3) is 5.91 Å². The van der Waals surface area contributed by atoms with Crippen LogP contribution < -0.4 is 11.1 Å². The van der Waals surface area contributed by atoms with Crippen molar-refractivity contribution in [3.63, 3.8) is 0 Å². The molecule has 0 aliphatic carbocycles. The van der Waals surface area contributed by atoms with Gasteiger partial charge >= 0.3 is 0 Å². The summed E-state index contributed by atoms with van der Waals surface area (Å²) in [4.78, 5) is 29.2. The molecule has 34 heavy (non-hydrogen) atoms. The Morgan fingerprint density at radius 1 is 1.15 bits per heavy atom. The van der Waals surface area contributed by atoms with Crippen LogP contribution in [0.2, 0.25) is 0 Å². The second-order valence-electron chi connectivity index (χ2n) is 8.00. The average Bonchev–Trinajstić information content (AvgIpc) is 3.05. The normalized spacial score (nSPS) is 10.8. The van der Waals surface area contributed by atoms with E-state index in [9.17, 15) is 14.0 Å². The lowest BCUT2D eigenvalue weighted by Crippen LogP contribution is -2.18. The fourth-order valence-electron chi connectivity index (χ4n) is 3.85. The van der Waals surface area contributed by atoms with Gasteiger partial charge in [0.05, 0.1) is 46.3 Å². The maximum absolute atomic E-state index is 13.7. The molecule has 0 saturated carbocycles. The number of aryl methyl sites for hydroxylation is 2. The summed E-state index contributed by atoms with van der Waals surface area (Å²) >= 11 is 0. The maximum Gasteiger partial charge on any atom is 0.274 e. The van der Waals surface area contributed by atoms with E-state index in [1.165, 1.54) is 18.2 Å². The van der Waals surface area contributed by atoms with Gasteiger partial charge in [-0.2, -0.15) is 10.4 Å². The number of carbonyl (C=O) groups excluding carboxylic acids is 2. The zero-order valence-corrected chi connectivity index (χ0v) is 18.8. The Kier molecular flexibility index (Phi) is 5.82. The Labute approximate surface area is 194 Å². The topological polar surface area (TPSA) is 127 Å². The molecule has 0 aliphatic rings. The van der Waals surface area contributed by atoms with Crippen LogP contribution in [0.3, 0.4) is 0 Å². The lowest BCUT2D eigenvalue weighted by Gasteiger charge is -2.10. The Bertz CT molecular complexity index is 1520. The number of pyridine rings is 1. The van der Waals surface area contributed by atoms with Crippen molar-refractivity contribution in [2.75, 3.05) is 5.32 Å². The highest BCUT2D eigenvalue weighted by Crippen LogP contribution is 2.24. The summed E-state index contributed by atoms with van der Waals surface area (Å²) in [6.07, 6.45) is 0. The summed E-state index contributed by atoms with van der Waals surface area (Å²) in [5, 5.41) is 16.8. The number of hydrogen-bond acceptors (Lipinski definition) is 5. The summed E-state index contributed by atoms with van der Waals surface area (Å²) in [5.74, 6) is -1.86. The number of anilines is 1. The first-order valence-corrected chi connectivity index (χ1v) is 10.4. The van der Waals surface area contributed by atoms with Crippen molar-refractivity contribution in [2.45, 2.75) is 27.3 Å². The molecule has 2 amide bonds. The first kappa shape index (κ1) is 22.6. The van der Waals surface area contributed by atoms with Gasteiger partial charge in [-0.25, -0.2) is 9.37 Å². The minimum Gasteiger partial charge on any atom is -0.366 e. The molecule has 2 aromatic carbocycles. The zero-order chi connectivity index (χ0) is 24.6. The van der Waals surface area contributed by atoms with E-state index >= 15 is 0 Å². The van der Waals surface area contributed by atoms with Gasteiger partial charge in [-0.05, 0) is 56.2 Å². The number of carbonyl (C=O) groups is 2. The third-order valence-electron chi connectivity index (χ3n) is 5.63. The van der Waals surface area contributed by atoms with Crippen LogP contribution in [0.5, 0.6) is 0 Å². The predicted molar refractivity (Wildman–Crippen MR) is 125 cm³/mol. The fraction of sp³-hybridized carbons (Fsp3) is 0.160. The van der Waals surface area contributed by atoms with Crippen LogP contribution in [0.1, 0.15) is 48.9 Å². The number of primary amides is 1. The van der Waals surface area contributed by atoms with Gasteiger partial charge in [0.2, 0.25) is 5.91 Å². The van der Waals surface area contributed by atoms with Crippen molar-refractivity contribution in [1.82, 2.24) is 14.8 Å². The molecule has 0 saturated heterocycles. The molecule has 8 nitrogen and oxygen atoms in total. The second-order valence-corrected chi connectivity index (χ2v) is 8.00. The number of halogens is 1. The van der Waals surface area contributed by atoms with Gasteiger partial charge in [-0.1, -0.05) is 12.1 Å². The van der Waals surface area contributed by atoms with Gasteiger partial charge in [-0.15, -0.1) is 0 Å². The number of fused-ring (bicyclic) bond motifs is 1. The third-order valence-corrected chi connectivity index (χ3v) is 5.63. The highest BCUT2D eigenvalue weighted by molar-refractivity contribution is 6.10. The van der Waals surface area contributed by atoms with Crippen LogP contribution in [0.25, 0.3) is 10.9 Å². The lowest BCUT2D eigenvalue weighted by atomic mass is 10.1. The summed E-state index contributed by atoms with van der Waals surface area (Å²) < 4.78 is 15.5. The van der Waals surface area contributed by atoms with E-state index in [0.29, 0.717) is 28.9 Å².